The van der Waals surface area contributed by atoms with Crippen LogP contribution in [0.15, 0.2) is 219 Å². The van der Waals surface area contributed by atoms with Crippen molar-refractivity contribution in [3.05, 3.63) is 262 Å². The molecule has 598 valence electrons. The fraction of sp³-hybridized carbons (Fsp3) is 0.392. The van der Waals surface area contributed by atoms with E-state index in [1.165, 1.54) is 180 Å². The Kier molecular flexibility index (Phi) is 33.7. The minimum Gasteiger partial charge on any atom is -0.493 e. The minimum atomic E-state index is -0.627. The van der Waals surface area contributed by atoms with E-state index in [9.17, 15) is 11.8 Å². The summed E-state index contributed by atoms with van der Waals surface area (Å²) in [4.78, 5) is 26.0. The van der Waals surface area contributed by atoms with E-state index in [1.807, 2.05) is 36.4 Å². The van der Waals surface area contributed by atoms with Crippen molar-refractivity contribution in [1.82, 2.24) is 28.9 Å². The average molecular weight is 1580 g/mol. The molecule has 4 heterocycles. The molecule has 0 aliphatic carbocycles. The Hall–Kier alpha value is -9.71. The van der Waals surface area contributed by atoms with Crippen LogP contribution in [0, 0.1) is 29.7 Å². The van der Waals surface area contributed by atoms with Gasteiger partial charge in [0.15, 0.2) is 0 Å². The van der Waals surface area contributed by atoms with Crippen molar-refractivity contribution in [2.75, 3.05) is 13.2 Å². The van der Waals surface area contributed by atoms with Crippen LogP contribution >= 0.6 is 23.2 Å². The van der Waals surface area contributed by atoms with E-state index in [1.54, 1.807) is 12.4 Å². The molecule has 0 aliphatic rings. The van der Waals surface area contributed by atoms with Crippen LogP contribution < -0.4 is 42.0 Å². The Labute approximate surface area is 702 Å². The summed E-state index contributed by atoms with van der Waals surface area (Å²) in [5, 5.41) is 16.5. The van der Waals surface area contributed by atoms with Crippen molar-refractivity contribution < 1.29 is 9.47 Å². The number of nitriles is 1. The maximum Gasteiger partial charge on any atom is 0.328 e. The van der Waals surface area contributed by atoms with Crippen molar-refractivity contribution >= 4 is 103 Å². The Bertz CT molecular complexity index is 4870. The van der Waals surface area contributed by atoms with Crippen molar-refractivity contribution in [3.8, 4) is 40.1 Å². The van der Waals surface area contributed by atoms with Crippen LogP contribution in [0.5, 0.6) is 11.5 Å². The lowest BCUT2D eigenvalue weighted by molar-refractivity contribution is 0.224. The second kappa shape index (κ2) is 45.7. The minimum absolute atomic E-state index is 0.251. The summed E-state index contributed by atoms with van der Waals surface area (Å²) in [6.07, 6.45) is 43.1. The number of unbranched alkanes of at least 4 members (excludes halogenated alkanes) is 24. The zero-order chi connectivity index (χ0) is 80.5. The second-order valence-corrected chi connectivity index (χ2v) is 33.0. The molecule has 2 atom stereocenters. The zero-order valence-corrected chi connectivity index (χ0v) is 70.8. The van der Waals surface area contributed by atoms with Gasteiger partial charge in [-0.3, -0.25) is 15.0 Å². The van der Waals surface area contributed by atoms with Gasteiger partial charge in [-0.1, -0.05) is 398 Å². The molecule has 12 aromatic rings. The lowest BCUT2D eigenvalue weighted by Crippen LogP contribution is -2.54. The number of nitrogens with zero attached hydrogens (tertiary/aromatic N) is 8. The predicted molar refractivity (Wildman–Crippen MR) is 491 cm³/mol. The molecule has 8 aromatic carbocycles. The molecule has 0 N–H and O–H groups in total. The molecule has 0 bridgehead atoms. The van der Waals surface area contributed by atoms with Gasteiger partial charge in [-0.15, -0.1) is 0 Å². The second-order valence-electron chi connectivity index (χ2n) is 32.1. The first-order valence-electron chi connectivity index (χ1n) is 44.1. The van der Waals surface area contributed by atoms with Crippen molar-refractivity contribution in [3.63, 3.8) is 0 Å². The molecule has 0 amide bonds. The number of ether oxygens (including phenoxy) is 2. The van der Waals surface area contributed by atoms with Crippen LogP contribution in [0.3, 0.4) is 0 Å². The number of fused-ring (bicyclic) bond motifs is 3. The van der Waals surface area contributed by atoms with E-state index in [0.29, 0.717) is 90.0 Å². The third kappa shape index (κ3) is 22.9. The molecule has 0 spiro atoms. The van der Waals surface area contributed by atoms with Crippen LogP contribution in [0.1, 0.15) is 245 Å². The van der Waals surface area contributed by atoms with Gasteiger partial charge in [0.05, 0.1) is 59.1 Å². The van der Waals surface area contributed by atoms with E-state index < -0.39 is 13.7 Å². The number of halogens is 2. The largest absolute Gasteiger partial charge is 0.493 e. The number of benzene rings is 8. The van der Waals surface area contributed by atoms with Crippen LogP contribution in [0.25, 0.3) is 71.5 Å². The van der Waals surface area contributed by atoms with Gasteiger partial charge in [0.25, 0.3) is 0 Å². The van der Waals surface area contributed by atoms with Crippen molar-refractivity contribution in [2.45, 2.75) is 233 Å². The lowest BCUT2D eigenvalue weighted by Gasteiger charge is -2.25. The SMILES string of the molecule is [C-]#[N+]/C(c1cnc2cc(Cl)ccc2n1)=c1\c2c(-c3cccc(OCC(CCCCCCCC)CCCCCCCCCC)c3)n(B(c3ccccc3)c3ccccc3)/c(=C(/C#N)c3cnc4cc(Cl)ccc4n3)c2c(-c2cccc(OCC(CCCCCCCC)CCCCCCCCCC)c2)n1B(c1ccccc1)c1ccccc1. The molecular weight excluding hydrogens is 1460 g/mol. The van der Waals surface area contributed by atoms with E-state index >= 15 is 0 Å². The molecule has 4 aromatic heterocycles. The molecule has 0 radical (unpaired) electrons. The highest BCUT2D eigenvalue weighted by Gasteiger charge is 2.38. The van der Waals surface area contributed by atoms with Crippen LogP contribution in [-0.2, 0) is 0 Å². The van der Waals surface area contributed by atoms with E-state index in [4.69, 9.17) is 57.5 Å². The van der Waals surface area contributed by atoms with E-state index in [0.717, 1.165) is 81.5 Å². The highest BCUT2D eigenvalue weighted by molar-refractivity contribution is 6.85. The van der Waals surface area contributed by atoms with Gasteiger partial charge in [0.1, 0.15) is 28.8 Å². The number of aromatic nitrogens is 6. The summed E-state index contributed by atoms with van der Waals surface area (Å²) in [6, 6.07) is 73.6. The van der Waals surface area contributed by atoms with Crippen LogP contribution in [0.2, 0.25) is 10.0 Å². The van der Waals surface area contributed by atoms with Crippen LogP contribution in [-0.4, -0.2) is 55.8 Å². The summed E-state index contributed by atoms with van der Waals surface area (Å²) in [7, 11) is 0. The topological polar surface area (TPSA) is 108 Å². The molecule has 14 heteroatoms. The van der Waals surface area contributed by atoms with Gasteiger partial charge in [-0.25, -0.2) is 9.83 Å². The lowest BCUT2D eigenvalue weighted by atomic mass is 9.50. The van der Waals surface area contributed by atoms with E-state index in [2.05, 4.69) is 213 Å². The highest BCUT2D eigenvalue weighted by Crippen LogP contribution is 2.40. The summed E-state index contributed by atoms with van der Waals surface area (Å²) in [6.45, 7) is 19.1. The molecule has 2 unspecified atom stereocenters. The smallest absolute Gasteiger partial charge is 0.328 e. The molecule has 0 saturated carbocycles. The maximum atomic E-state index is 12.9. The van der Waals surface area contributed by atoms with Crippen LogP contribution in [0.4, 0.5) is 0 Å². The molecular formula is C102H118B2Cl2N8O2. The molecule has 116 heavy (non-hydrogen) atoms. The number of hydrogen-bond donors (Lipinski definition) is 0. The van der Waals surface area contributed by atoms with Crippen molar-refractivity contribution in [1.29, 1.82) is 5.26 Å². The number of hydrogen-bond acceptors (Lipinski definition) is 7. The van der Waals surface area contributed by atoms with E-state index in [-0.39, 0.29) is 11.3 Å². The summed E-state index contributed by atoms with van der Waals surface area (Å²) in [5.74, 6) is 2.20. The first-order chi connectivity index (χ1) is 57.2. The average Bonchev–Trinajstić information content (AvgIpc) is 1.52. The van der Waals surface area contributed by atoms with Gasteiger partial charge in [-0.05, 0) is 98.2 Å². The molecule has 0 fully saturated rings. The van der Waals surface area contributed by atoms with Gasteiger partial charge in [0, 0.05) is 54.9 Å². The van der Waals surface area contributed by atoms with Crippen molar-refractivity contribution in [2.24, 2.45) is 11.8 Å². The zero-order valence-electron chi connectivity index (χ0n) is 69.3. The summed E-state index contributed by atoms with van der Waals surface area (Å²) < 4.78 is 19.5. The molecule has 0 saturated heterocycles. The Morgan fingerprint density at radius 1 is 0.397 bits per heavy atom. The fourth-order valence-corrected chi connectivity index (χ4v) is 17.6. The van der Waals surface area contributed by atoms with Gasteiger partial charge < -0.3 is 18.4 Å². The molecule has 0 aliphatic heterocycles. The Morgan fingerprint density at radius 3 is 1.09 bits per heavy atom. The standard InChI is InChI=1S/C102H118B2Cl2N8O2/c1-6-10-14-18-22-24-28-36-50-77(48-34-26-20-16-12-8-3)75-115-87-62-46-52-79(68-87)99-96-97(102(98(108-5)95-74-110-93-71-86(106)65-67-91(93)112-95)114(99)104(83-58-42-32-43-59-83)84-60-44-33-45-61-84)100(80-53-47-63-88(69-80)116-76-78(49-35-27-21-17-13-9-4)51-37-29-25-23-19-15-11-7-2)113(103(81-54-38-30-39-55-81)82-56-40-31-41-57-82)101(96)89(72-107)94-73-109-92-70-85(105)64-66-90(92)111-94/h30-33,38-47,52-71,73-74,77-78H,6-29,34-37,48-51,75-76H2,1-4H3/b101-89-,102-98+. The normalized spacial score (nSPS) is 12.6. The maximum absolute atomic E-state index is 12.9. The van der Waals surface area contributed by atoms with Gasteiger partial charge >= 0.3 is 13.7 Å². The summed E-state index contributed by atoms with van der Waals surface area (Å²) in [5.41, 5.74) is 10.6. The Balaban J connectivity index is 1.19. The highest BCUT2D eigenvalue weighted by atomic mass is 35.5. The Morgan fingerprint density at radius 2 is 0.733 bits per heavy atom. The molecule has 10 nitrogen and oxygen atoms in total. The first kappa shape index (κ1) is 85.7. The quantitative estimate of drug-likeness (QED) is 0.0212. The van der Waals surface area contributed by atoms with Gasteiger partial charge in [0.2, 0.25) is 5.70 Å². The third-order valence-electron chi connectivity index (χ3n) is 23.4. The molecule has 12 rings (SSSR count). The number of rotatable bonds is 48. The first-order valence-corrected chi connectivity index (χ1v) is 44.8. The summed E-state index contributed by atoms with van der Waals surface area (Å²) >= 11 is 13.5. The monoisotopic (exact) mass is 1580 g/mol. The van der Waals surface area contributed by atoms with Gasteiger partial charge in [-0.2, -0.15) is 5.26 Å². The predicted octanol–water partition coefficient (Wildman–Crippen LogP) is 24.6. The fourth-order valence-electron chi connectivity index (χ4n) is 17.2. The third-order valence-corrected chi connectivity index (χ3v) is 23.9.